The second-order valence-corrected chi connectivity index (χ2v) is 7.48. The maximum atomic E-state index is 11.7. The second-order valence-electron chi connectivity index (χ2n) is 5.65. The van der Waals surface area contributed by atoms with E-state index in [-0.39, 0.29) is 5.82 Å². The Morgan fingerprint density at radius 3 is 2.72 bits per heavy atom. The number of nitrogens with zero attached hydrogens (tertiary/aromatic N) is 5. The number of imidazole rings is 1. The normalized spacial score (nSPS) is 27.4. The molecule has 4 N–H and O–H groups in total. The lowest BCUT2D eigenvalue weighted by atomic mass is 10.1. The molecule has 0 saturated carbocycles. The van der Waals surface area contributed by atoms with Gasteiger partial charge in [-0.05, 0) is 0 Å². The summed E-state index contributed by atoms with van der Waals surface area (Å²) < 4.78 is 35.9. The van der Waals surface area contributed by atoms with Crippen LogP contribution >= 0.6 is 0 Å². The van der Waals surface area contributed by atoms with Crippen molar-refractivity contribution in [2.45, 2.75) is 24.5 Å². The predicted molar refractivity (Wildman–Crippen MR) is 84.2 cm³/mol. The van der Waals surface area contributed by atoms with Crippen molar-refractivity contribution in [3.05, 3.63) is 12.7 Å². The van der Waals surface area contributed by atoms with Gasteiger partial charge >= 0.3 is 10.3 Å². The van der Waals surface area contributed by atoms with Gasteiger partial charge in [-0.25, -0.2) is 15.0 Å². The fourth-order valence-electron chi connectivity index (χ4n) is 2.41. The summed E-state index contributed by atoms with van der Waals surface area (Å²) in [6.45, 7) is -0.459. The van der Waals surface area contributed by atoms with E-state index in [4.69, 9.17) is 14.7 Å². The third-order valence-electron chi connectivity index (χ3n) is 3.83. The molecule has 4 unspecified atom stereocenters. The zero-order valence-electron chi connectivity index (χ0n) is 13.4. The Kier molecular flexibility index (Phi) is 4.61. The van der Waals surface area contributed by atoms with Crippen molar-refractivity contribution in [3.8, 4) is 0 Å². The Bertz CT molecular complexity index is 870. The zero-order chi connectivity index (χ0) is 18.4. The summed E-state index contributed by atoms with van der Waals surface area (Å²) in [5.41, 5.74) is 6.34. The molecule has 12 nitrogen and oxygen atoms in total. The molecule has 0 aliphatic carbocycles. The highest BCUT2D eigenvalue weighted by atomic mass is 32.2. The summed E-state index contributed by atoms with van der Waals surface area (Å²) in [6, 6.07) is 0. The second kappa shape index (κ2) is 6.44. The Labute approximate surface area is 143 Å². The summed E-state index contributed by atoms with van der Waals surface area (Å²) in [4.78, 5) is 11.9. The van der Waals surface area contributed by atoms with E-state index in [9.17, 15) is 18.6 Å². The number of nitrogens with two attached hydrogens (primary N) is 1. The SMILES string of the molecule is CN(C)S(=O)(=O)OCC1OC(n2cnc3c(N)ncnc32)C(O)C1O. The third kappa shape index (κ3) is 3.17. The minimum atomic E-state index is -3.93. The van der Waals surface area contributed by atoms with Crippen LogP contribution in [0.4, 0.5) is 5.82 Å². The zero-order valence-corrected chi connectivity index (χ0v) is 14.2. The van der Waals surface area contributed by atoms with E-state index in [0.717, 1.165) is 4.31 Å². The van der Waals surface area contributed by atoms with Gasteiger partial charge in [-0.2, -0.15) is 12.7 Å². The van der Waals surface area contributed by atoms with Crippen molar-refractivity contribution in [2.75, 3.05) is 26.4 Å². The first kappa shape index (κ1) is 17.9. The molecule has 1 fully saturated rings. The summed E-state index contributed by atoms with van der Waals surface area (Å²) in [6.07, 6.45) is -2.23. The number of rotatable bonds is 5. The number of aliphatic hydroxyl groups excluding tert-OH is 2. The molecule has 3 rings (SSSR count). The smallest absolute Gasteiger partial charge is 0.337 e. The van der Waals surface area contributed by atoms with E-state index in [1.54, 1.807) is 0 Å². The van der Waals surface area contributed by atoms with Crippen LogP contribution in [0.2, 0.25) is 0 Å². The van der Waals surface area contributed by atoms with E-state index in [0.29, 0.717) is 11.2 Å². The molecule has 4 atom stereocenters. The fraction of sp³-hybridized carbons (Fsp3) is 0.583. The number of aromatic nitrogens is 4. The number of nitrogen functional groups attached to an aromatic ring is 1. The largest absolute Gasteiger partial charge is 0.387 e. The highest BCUT2D eigenvalue weighted by Gasteiger charge is 2.45. The van der Waals surface area contributed by atoms with E-state index < -0.39 is 41.5 Å². The molecule has 0 amide bonds. The quantitative estimate of drug-likeness (QED) is 0.525. The minimum Gasteiger partial charge on any atom is -0.387 e. The van der Waals surface area contributed by atoms with Gasteiger partial charge in [0.1, 0.15) is 30.2 Å². The van der Waals surface area contributed by atoms with Gasteiger partial charge in [0.15, 0.2) is 17.7 Å². The number of aliphatic hydroxyl groups is 2. The standard InChI is InChI=1S/C12H18N6O6S/c1-17(2)25(21,22)23-3-6-8(19)9(20)12(24-6)18-5-16-7-10(13)14-4-15-11(7)18/h4-6,8-9,12,19-20H,3H2,1-2H3,(H2,13,14,15). The van der Waals surface area contributed by atoms with Crippen LogP contribution in [0.25, 0.3) is 11.2 Å². The number of anilines is 1. The molecule has 0 spiro atoms. The van der Waals surface area contributed by atoms with Crippen LogP contribution < -0.4 is 5.73 Å². The molecule has 0 radical (unpaired) electrons. The summed E-state index contributed by atoms with van der Waals surface area (Å²) in [5, 5.41) is 20.4. The van der Waals surface area contributed by atoms with Gasteiger partial charge in [0.2, 0.25) is 0 Å². The molecule has 1 aliphatic heterocycles. The van der Waals surface area contributed by atoms with Crippen molar-refractivity contribution >= 4 is 27.3 Å². The van der Waals surface area contributed by atoms with Crippen LogP contribution in [0, 0.1) is 0 Å². The van der Waals surface area contributed by atoms with Crippen LogP contribution in [0.1, 0.15) is 6.23 Å². The average Bonchev–Trinajstić information content (AvgIpc) is 3.09. The minimum absolute atomic E-state index is 0.161. The van der Waals surface area contributed by atoms with Gasteiger partial charge in [-0.1, -0.05) is 0 Å². The topological polar surface area (TPSA) is 166 Å². The van der Waals surface area contributed by atoms with Gasteiger partial charge in [0, 0.05) is 14.1 Å². The molecular weight excluding hydrogens is 356 g/mol. The highest BCUT2D eigenvalue weighted by Crippen LogP contribution is 2.32. The molecule has 0 bridgehead atoms. The van der Waals surface area contributed by atoms with Crippen molar-refractivity contribution in [3.63, 3.8) is 0 Å². The molecule has 13 heteroatoms. The molecular formula is C12H18N6O6S. The molecule has 0 aromatic carbocycles. The molecule has 1 aliphatic rings. The number of hydrogen-bond acceptors (Lipinski definition) is 10. The monoisotopic (exact) mass is 374 g/mol. The van der Waals surface area contributed by atoms with Crippen molar-refractivity contribution in [1.29, 1.82) is 0 Å². The first-order valence-electron chi connectivity index (χ1n) is 7.24. The predicted octanol–water partition coefficient (Wildman–Crippen LogP) is -2.15. The highest BCUT2D eigenvalue weighted by molar-refractivity contribution is 7.84. The molecule has 1 saturated heterocycles. The first-order chi connectivity index (χ1) is 11.7. The van der Waals surface area contributed by atoms with Gasteiger partial charge in [-0.15, -0.1) is 0 Å². The Morgan fingerprint density at radius 1 is 1.32 bits per heavy atom. The third-order valence-corrected chi connectivity index (χ3v) is 5.16. The first-order valence-corrected chi connectivity index (χ1v) is 8.60. The van der Waals surface area contributed by atoms with E-state index in [2.05, 4.69) is 15.0 Å². The Morgan fingerprint density at radius 2 is 2.04 bits per heavy atom. The molecule has 3 heterocycles. The molecule has 138 valence electrons. The number of hydrogen-bond donors (Lipinski definition) is 3. The van der Waals surface area contributed by atoms with Crippen molar-refractivity contribution < 1.29 is 27.6 Å². The summed E-state index contributed by atoms with van der Waals surface area (Å²) in [5.74, 6) is 0.161. The van der Waals surface area contributed by atoms with Crippen LogP contribution in [0.3, 0.4) is 0 Å². The summed E-state index contributed by atoms with van der Waals surface area (Å²) >= 11 is 0. The van der Waals surface area contributed by atoms with E-state index >= 15 is 0 Å². The van der Waals surface area contributed by atoms with Crippen LogP contribution in [-0.2, 0) is 19.2 Å². The van der Waals surface area contributed by atoms with Gasteiger partial charge < -0.3 is 20.7 Å². The fourth-order valence-corrected chi connectivity index (χ4v) is 2.93. The maximum Gasteiger partial charge on any atom is 0.337 e. The van der Waals surface area contributed by atoms with E-state index in [1.807, 2.05) is 0 Å². The lowest BCUT2D eigenvalue weighted by Gasteiger charge is -2.17. The van der Waals surface area contributed by atoms with Crippen LogP contribution in [-0.4, -0.2) is 81.5 Å². The Hall–Kier alpha value is -1.90. The maximum absolute atomic E-state index is 11.7. The van der Waals surface area contributed by atoms with Crippen molar-refractivity contribution in [1.82, 2.24) is 23.8 Å². The Balaban J connectivity index is 1.81. The van der Waals surface area contributed by atoms with Gasteiger partial charge in [0.25, 0.3) is 0 Å². The lowest BCUT2D eigenvalue weighted by Crippen LogP contribution is -2.36. The van der Waals surface area contributed by atoms with Gasteiger partial charge in [0.05, 0.1) is 12.9 Å². The van der Waals surface area contributed by atoms with Crippen molar-refractivity contribution in [2.24, 2.45) is 0 Å². The van der Waals surface area contributed by atoms with Crippen LogP contribution in [0.5, 0.6) is 0 Å². The molecule has 2 aromatic rings. The molecule has 25 heavy (non-hydrogen) atoms. The average molecular weight is 374 g/mol. The van der Waals surface area contributed by atoms with E-state index in [1.165, 1.54) is 31.3 Å². The summed E-state index contributed by atoms with van der Waals surface area (Å²) in [7, 11) is -1.32. The number of ether oxygens (including phenoxy) is 1. The molecule has 2 aromatic heterocycles. The van der Waals surface area contributed by atoms with Gasteiger partial charge in [-0.3, -0.25) is 8.75 Å². The number of fused-ring (bicyclic) bond motifs is 1. The van der Waals surface area contributed by atoms with Crippen LogP contribution in [0.15, 0.2) is 12.7 Å². The lowest BCUT2D eigenvalue weighted by molar-refractivity contribution is -0.0473.